The molecule has 1 aliphatic heterocycles. The van der Waals surface area contributed by atoms with E-state index >= 15 is 0 Å². The molecule has 0 aromatic heterocycles. The molecule has 2 fully saturated rings. The minimum atomic E-state index is 0.307. The second-order valence-electron chi connectivity index (χ2n) is 4.67. The average Bonchev–Trinajstić information content (AvgIpc) is 2.56. The smallest absolute Gasteiger partial charge is 0.121 e. The molecule has 0 N–H and O–H groups in total. The molecule has 0 aromatic rings. The Balaban J connectivity index is 1.74. The quantitative estimate of drug-likeness (QED) is 0.650. The van der Waals surface area contributed by atoms with Crippen molar-refractivity contribution in [2.45, 2.75) is 57.5 Å². The van der Waals surface area contributed by atoms with Crippen molar-refractivity contribution in [3.8, 4) is 0 Å². The maximum absolute atomic E-state index is 5.82. The zero-order chi connectivity index (χ0) is 10.3. The summed E-state index contributed by atoms with van der Waals surface area (Å²) in [7, 11) is 0. The van der Waals surface area contributed by atoms with Crippen molar-refractivity contribution in [3.05, 3.63) is 11.8 Å². The highest BCUT2D eigenvalue weighted by atomic mass is 16.5. The van der Waals surface area contributed by atoms with Gasteiger partial charge in [-0.1, -0.05) is 6.42 Å². The average molecular weight is 210 g/mol. The molecule has 1 atom stereocenters. The third-order valence-corrected chi connectivity index (χ3v) is 3.29. The van der Waals surface area contributed by atoms with Crippen LogP contribution in [0.5, 0.6) is 0 Å². The van der Waals surface area contributed by atoms with Gasteiger partial charge < -0.3 is 9.47 Å². The Labute approximate surface area is 92.6 Å². The number of hydrogen-bond acceptors (Lipinski definition) is 2. The van der Waals surface area contributed by atoms with Crippen LogP contribution in [0.15, 0.2) is 11.8 Å². The fourth-order valence-corrected chi connectivity index (χ4v) is 2.30. The lowest BCUT2D eigenvalue weighted by molar-refractivity contribution is 0.0392. The van der Waals surface area contributed by atoms with Crippen molar-refractivity contribution in [1.82, 2.24) is 0 Å². The van der Waals surface area contributed by atoms with E-state index in [1.54, 1.807) is 0 Å². The summed E-state index contributed by atoms with van der Waals surface area (Å²) in [5.74, 6) is 0. The van der Waals surface area contributed by atoms with Gasteiger partial charge in [0.15, 0.2) is 0 Å². The lowest BCUT2D eigenvalue weighted by Crippen LogP contribution is -2.15. The maximum atomic E-state index is 5.82. The topological polar surface area (TPSA) is 18.5 Å². The first-order chi connectivity index (χ1) is 7.45. The molecule has 86 valence electrons. The van der Waals surface area contributed by atoms with Gasteiger partial charge >= 0.3 is 0 Å². The lowest BCUT2D eigenvalue weighted by atomic mass is 9.96. The summed E-state index contributed by atoms with van der Waals surface area (Å²) in [5, 5.41) is 0. The molecule has 0 bridgehead atoms. The lowest BCUT2D eigenvalue weighted by Gasteiger charge is -2.17. The van der Waals surface area contributed by atoms with E-state index in [2.05, 4.69) is 0 Å². The first kappa shape index (κ1) is 11.0. The van der Waals surface area contributed by atoms with Crippen LogP contribution in [0.1, 0.15) is 51.4 Å². The number of ether oxygens (including phenoxy) is 2. The molecule has 1 heterocycles. The van der Waals surface area contributed by atoms with Gasteiger partial charge in [0.2, 0.25) is 0 Å². The van der Waals surface area contributed by atoms with Crippen molar-refractivity contribution in [1.29, 1.82) is 0 Å². The molecular weight excluding hydrogens is 188 g/mol. The van der Waals surface area contributed by atoms with E-state index in [-0.39, 0.29) is 0 Å². The van der Waals surface area contributed by atoms with Crippen molar-refractivity contribution in [2.24, 2.45) is 0 Å². The Morgan fingerprint density at radius 2 is 1.93 bits per heavy atom. The van der Waals surface area contributed by atoms with E-state index in [0.717, 1.165) is 19.6 Å². The van der Waals surface area contributed by atoms with E-state index in [9.17, 15) is 0 Å². The van der Waals surface area contributed by atoms with E-state index in [1.165, 1.54) is 50.5 Å². The molecule has 1 aliphatic carbocycles. The molecular formula is C13H22O2. The normalized spacial score (nSPS) is 28.3. The van der Waals surface area contributed by atoms with Gasteiger partial charge in [-0.3, -0.25) is 0 Å². The Kier molecular flexibility index (Phi) is 4.52. The Morgan fingerprint density at radius 3 is 2.80 bits per heavy atom. The fourth-order valence-electron chi connectivity index (χ4n) is 2.30. The van der Waals surface area contributed by atoms with Gasteiger partial charge in [0.25, 0.3) is 0 Å². The fraction of sp³-hybridized carbons (Fsp3) is 0.846. The summed E-state index contributed by atoms with van der Waals surface area (Å²) in [6.45, 7) is 1.69. The SMILES string of the molecule is C(OC1CCCCOC1)=C1CCCCC1. The largest absolute Gasteiger partial charge is 0.496 e. The van der Waals surface area contributed by atoms with Crippen LogP contribution in [-0.2, 0) is 9.47 Å². The van der Waals surface area contributed by atoms with Crippen LogP contribution < -0.4 is 0 Å². The van der Waals surface area contributed by atoms with Crippen molar-refractivity contribution in [3.63, 3.8) is 0 Å². The van der Waals surface area contributed by atoms with Crippen molar-refractivity contribution < 1.29 is 9.47 Å². The van der Waals surface area contributed by atoms with Gasteiger partial charge in [0, 0.05) is 6.61 Å². The Morgan fingerprint density at radius 1 is 1.07 bits per heavy atom. The number of hydrogen-bond donors (Lipinski definition) is 0. The Hall–Kier alpha value is -0.500. The van der Waals surface area contributed by atoms with Crippen LogP contribution in [0.3, 0.4) is 0 Å². The van der Waals surface area contributed by atoms with E-state index < -0.39 is 0 Å². The highest BCUT2D eigenvalue weighted by Gasteiger charge is 2.13. The van der Waals surface area contributed by atoms with Crippen LogP contribution in [0.25, 0.3) is 0 Å². The molecule has 1 unspecified atom stereocenters. The molecule has 0 spiro atoms. The first-order valence-corrected chi connectivity index (χ1v) is 6.36. The summed E-state index contributed by atoms with van der Waals surface area (Å²) >= 11 is 0. The van der Waals surface area contributed by atoms with Gasteiger partial charge in [-0.25, -0.2) is 0 Å². The highest BCUT2D eigenvalue weighted by molar-refractivity contribution is 5.00. The van der Waals surface area contributed by atoms with Gasteiger partial charge in [0.1, 0.15) is 6.10 Å². The van der Waals surface area contributed by atoms with Gasteiger partial charge in [-0.15, -0.1) is 0 Å². The molecule has 1 saturated heterocycles. The minimum absolute atomic E-state index is 0.307. The predicted octanol–water partition coefficient (Wildman–Crippen LogP) is 3.42. The molecule has 0 amide bonds. The maximum Gasteiger partial charge on any atom is 0.121 e. The van der Waals surface area contributed by atoms with E-state index in [4.69, 9.17) is 9.47 Å². The summed E-state index contributed by atoms with van der Waals surface area (Å²) < 4.78 is 11.3. The third-order valence-electron chi connectivity index (χ3n) is 3.29. The van der Waals surface area contributed by atoms with Crippen LogP contribution in [0.4, 0.5) is 0 Å². The number of rotatable bonds is 2. The zero-order valence-electron chi connectivity index (χ0n) is 9.54. The van der Waals surface area contributed by atoms with Crippen molar-refractivity contribution >= 4 is 0 Å². The van der Waals surface area contributed by atoms with E-state index in [0.29, 0.717) is 6.10 Å². The van der Waals surface area contributed by atoms with Crippen LogP contribution in [0.2, 0.25) is 0 Å². The zero-order valence-corrected chi connectivity index (χ0v) is 9.54. The monoisotopic (exact) mass is 210 g/mol. The van der Waals surface area contributed by atoms with Crippen LogP contribution in [0, 0.1) is 0 Å². The van der Waals surface area contributed by atoms with Gasteiger partial charge in [0.05, 0.1) is 12.9 Å². The van der Waals surface area contributed by atoms with Crippen LogP contribution >= 0.6 is 0 Å². The summed E-state index contributed by atoms with van der Waals surface area (Å²) in [6, 6.07) is 0. The predicted molar refractivity (Wildman–Crippen MR) is 60.7 cm³/mol. The first-order valence-electron chi connectivity index (χ1n) is 6.36. The molecule has 2 rings (SSSR count). The minimum Gasteiger partial charge on any atom is -0.496 e. The molecule has 1 saturated carbocycles. The van der Waals surface area contributed by atoms with Gasteiger partial charge in [-0.2, -0.15) is 0 Å². The molecule has 2 aliphatic rings. The standard InChI is InChI=1S/C13H22O2/c1-2-6-12(7-3-1)10-15-13-8-4-5-9-14-11-13/h10,13H,1-9,11H2. The second-order valence-corrected chi connectivity index (χ2v) is 4.67. The summed E-state index contributed by atoms with van der Waals surface area (Å²) in [6.07, 6.45) is 12.5. The highest BCUT2D eigenvalue weighted by Crippen LogP contribution is 2.23. The van der Waals surface area contributed by atoms with Crippen LogP contribution in [-0.4, -0.2) is 19.3 Å². The molecule has 2 heteroatoms. The molecule has 2 nitrogen and oxygen atoms in total. The summed E-state index contributed by atoms with van der Waals surface area (Å²) in [5.41, 5.74) is 1.51. The van der Waals surface area contributed by atoms with Crippen molar-refractivity contribution in [2.75, 3.05) is 13.2 Å². The molecule has 15 heavy (non-hydrogen) atoms. The third kappa shape index (κ3) is 3.86. The second kappa shape index (κ2) is 6.16. The van der Waals surface area contributed by atoms with E-state index in [1.807, 2.05) is 6.26 Å². The number of allylic oxidation sites excluding steroid dienone is 1. The molecule has 0 aromatic carbocycles. The van der Waals surface area contributed by atoms with Gasteiger partial charge in [-0.05, 0) is 50.5 Å². The Bertz CT molecular complexity index is 195. The molecule has 0 radical (unpaired) electrons. The summed E-state index contributed by atoms with van der Waals surface area (Å²) in [4.78, 5) is 0.